The lowest BCUT2D eigenvalue weighted by Crippen LogP contribution is -2.33. The number of hydrogen-bond acceptors (Lipinski definition) is 5. The van der Waals surface area contributed by atoms with E-state index in [-0.39, 0.29) is 6.61 Å². The van der Waals surface area contributed by atoms with Crippen LogP contribution in [0.4, 0.5) is 5.69 Å². The van der Waals surface area contributed by atoms with Gasteiger partial charge in [-0.25, -0.2) is 9.36 Å². The van der Waals surface area contributed by atoms with Crippen LogP contribution in [0, 0.1) is 6.92 Å². The normalized spacial score (nSPS) is 19.7. The van der Waals surface area contributed by atoms with E-state index < -0.39 is 31.3 Å². The molecule has 0 bridgehead atoms. The van der Waals surface area contributed by atoms with E-state index in [1.54, 1.807) is 31.2 Å². The summed E-state index contributed by atoms with van der Waals surface area (Å²) in [5.74, 6) is 0. The molecule has 2 heterocycles. The van der Waals surface area contributed by atoms with Crippen molar-refractivity contribution in [2.24, 2.45) is 0 Å². The standard InChI is InChI=1S/C22H30N3O6P/c1-3-4-5-9-14-25(18-10-7-6-8-11-18)32(28,29)30-16-19-12-13-20(31-19)24-15-17(2)21(26)23-22(24)27/h6-8,10-13,15,19-20H,3-5,9,14,16H2,1-2H3,(H,28,29)(H,23,26,27)/t19-,20+/m0/s1. The second kappa shape index (κ2) is 10.9. The average Bonchev–Trinajstić information content (AvgIpc) is 3.24. The van der Waals surface area contributed by atoms with Crippen LogP contribution in [0.1, 0.15) is 44.4 Å². The SMILES string of the molecule is CCCCCCN(c1ccccc1)P(=O)(O)OC[C@@H]1C=C[C@H](n2cc(C)c(=O)[nH]c2=O)O1. The summed E-state index contributed by atoms with van der Waals surface area (Å²) in [6.07, 6.45) is 7.26. The molecule has 0 amide bonds. The third-order valence-electron chi connectivity index (χ3n) is 5.21. The smallest absolute Gasteiger partial charge is 0.344 e. The molecule has 10 heteroatoms. The van der Waals surface area contributed by atoms with Gasteiger partial charge in [0, 0.05) is 24.0 Å². The van der Waals surface area contributed by atoms with Crippen molar-refractivity contribution in [2.75, 3.05) is 17.8 Å². The molecule has 2 aromatic rings. The fraction of sp³-hybridized carbons (Fsp3) is 0.455. The van der Waals surface area contributed by atoms with E-state index in [9.17, 15) is 19.0 Å². The summed E-state index contributed by atoms with van der Waals surface area (Å²) < 4.78 is 27.0. The van der Waals surface area contributed by atoms with Crippen LogP contribution in [0.5, 0.6) is 0 Å². The molecule has 3 rings (SSSR count). The van der Waals surface area contributed by atoms with Crippen LogP contribution in [-0.2, 0) is 13.8 Å². The van der Waals surface area contributed by atoms with Crippen LogP contribution in [-0.4, -0.2) is 33.7 Å². The Labute approximate surface area is 186 Å². The van der Waals surface area contributed by atoms with Gasteiger partial charge in [-0.2, -0.15) is 0 Å². The molecule has 0 radical (unpaired) electrons. The minimum atomic E-state index is -4.14. The van der Waals surface area contributed by atoms with Gasteiger partial charge in [0.15, 0.2) is 6.23 Å². The number of ether oxygens (including phenoxy) is 1. The second-order valence-corrected chi connectivity index (χ2v) is 9.46. The average molecular weight is 463 g/mol. The number of aromatic nitrogens is 2. The molecule has 0 saturated carbocycles. The van der Waals surface area contributed by atoms with Crippen molar-refractivity contribution in [1.29, 1.82) is 0 Å². The Morgan fingerprint density at radius 2 is 1.94 bits per heavy atom. The largest absolute Gasteiger partial charge is 0.432 e. The van der Waals surface area contributed by atoms with Crippen molar-refractivity contribution < 1.29 is 18.7 Å². The number of para-hydroxylation sites is 1. The van der Waals surface area contributed by atoms with Gasteiger partial charge in [-0.1, -0.05) is 50.5 Å². The molecule has 1 unspecified atom stereocenters. The first-order valence-electron chi connectivity index (χ1n) is 10.8. The molecule has 174 valence electrons. The summed E-state index contributed by atoms with van der Waals surface area (Å²) in [5, 5.41) is 0. The maximum Gasteiger partial charge on any atom is 0.432 e. The summed E-state index contributed by atoms with van der Waals surface area (Å²) >= 11 is 0. The third-order valence-corrected chi connectivity index (χ3v) is 6.74. The van der Waals surface area contributed by atoms with Gasteiger partial charge >= 0.3 is 13.4 Å². The topological polar surface area (TPSA) is 114 Å². The van der Waals surface area contributed by atoms with Crippen molar-refractivity contribution in [3.05, 3.63) is 75.1 Å². The number of nitrogens with one attached hydrogen (secondary N) is 1. The number of nitrogens with zero attached hydrogens (tertiary/aromatic N) is 2. The lowest BCUT2D eigenvalue weighted by Gasteiger charge is -2.29. The van der Waals surface area contributed by atoms with Gasteiger partial charge in [-0.05, 0) is 31.6 Å². The van der Waals surface area contributed by atoms with Gasteiger partial charge in [0.05, 0.1) is 6.61 Å². The van der Waals surface area contributed by atoms with Crippen molar-refractivity contribution in [3.8, 4) is 0 Å². The minimum Gasteiger partial charge on any atom is -0.344 e. The Balaban J connectivity index is 1.64. The van der Waals surface area contributed by atoms with Crippen LogP contribution >= 0.6 is 7.75 Å². The molecule has 0 saturated heterocycles. The van der Waals surface area contributed by atoms with Crippen LogP contribution in [0.25, 0.3) is 0 Å². The lowest BCUT2D eigenvalue weighted by molar-refractivity contribution is -0.00730. The molecule has 1 aliphatic heterocycles. The summed E-state index contributed by atoms with van der Waals surface area (Å²) in [7, 11) is -4.14. The fourth-order valence-electron chi connectivity index (χ4n) is 3.45. The Morgan fingerprint density at radius 3 is 2.66 bits per heavy atom. The fourth-order valence-corrected chi connectivity index (χ4v) is 4.75. The van der Waals surface area contributed by atoms with Crippen molar-refractivity contribution in [2.45, 2.75) is 51.9 Å². The van der Waals surface area contributed by atoms with E-state index in [0.717, 1.165) is 25.7 Å². The van der Waals surface area contributed by atoms with E-state index in [0.29, 0.717) is 17.8 Å². The molecule has 3 atom stereocenters. The molecule has 0 fully saturated rings. The number of anilines is 1. The van der Waals surface area contributed by atoms with Crippen molar-refractivity contribution in [3.63, 3.8) is 0 Å². The highest BCUT2D eigenvalue weighted by Gasteiger charge is 2.32. The number of unbranched alkanes of at least 4 members (excludes halogenated alkanes) is 3. The molecule has 1 aliphatic rings. The zero-order valence-corrected chi connectivity index (χ0v) is 19.2. The molecular formula is C22H30N3O6P. The van der Waals surface area contributed by atoms with Gasteiger partial charge in [-0.15, -0.1) is 0 Å². The van der Waals surface area contributed by atoms with E-state index in [1.807, 2.05) is 18.2 Å². The monoisotopic (exact) mass is 463 g/mol. The Morgan fingerprint density at radius 1 is 1.19 bits per heavy atom. The zero-order chi connectivity index (χ0) is 23.1. The van der Waals surface area contributed by atoms with E-state index in [1.165, 1.54) is 15.4 Å². The first-order valence-corrected chi connectivity index (χ1v) is 12.3. The van der Waals surface area contributed by atoms with E-state index >= 15 is 0 Å². The van der Waals surface area contributed by atoms with E-state index in [2.05, 4.69) is 11.9 Å². The molecular weight excluding hydrogens is 433 g/mol. The maximum atomic E-state index is 13.1. The molecule has 1 aromatic carbocycles. The number of benzene rings is 1. The predicted octanol–water partition coefficient (Wildman–Crippen LogP) is 3.50. The number of aryl methyl sites for hydroxylation is 1. The Hall–Kier alpha value is -2.45. The van der Waals surface area contributed by atoms with Crippen LogP contribution < -0.4 is 15.9 Å². The van der Waals surface area contributed by atoms with Crippen LogP contribution in [0.3, 0.4) is 0 Å². The first-order chi connectivity index (χ1) is 15.3. The first kappa shape index (κ1) is 24.2. The quantitative estimate of drug-likeness (QED) is 0.298. The summed E-state index contributed by atoms with van der Waals surface area (Å²) in [6, 6.07) is 9.02. The maximum absolute atomic E-state index is 13.1. The predicted molar refractivity (Wildman–Crippen MR) is 123 cm³/mol. The highest BCUT2D eigenvalue weighted by Crippen LogP contribution is 2.49. The Kier molecular flexibility index (Phi) is 8.26. The van der Waals surface area contributed by atoms with Gasteiger partial charge in [0.25, 0.3) is 5.56 Å². The minimum absolute atomic E-state index is 0.157. The van der Waals surface area contributed by atoms with Gasteiger partial charge < -0.3 is 9.63 Å². The summed E-state index contributed by atoms with van der Waals surface area (Å²) in [5.41, 5.74) is -0.0464. The molecule has 32 heavy (non-hydrogen) atoms. The van der Waals surface area contributed by atoms with Gasteiger partial charge in [-0.3, -0.25) is 23.5 Å². The number of rotatable bonds is 11. The van der Waals surface area contributed by atoms with Crippen molar-refractivity contribution >= 4 is 13.4 Å². The zero-order valence-electron chi connectivity index (χ0n) is 18.3. The molecule has 0 aliphatic carbocycles. The Bertz CT molecular complexity index is 1080. The van der Waals surface area contributed by atoms with Gasteiger partial charge in [0.2, 0.25) is 0 Å². The highest BCUT2D eigenvalue weighted by molar-refractivity contribution is 7.54. The number of H-pyrrole nitrogens is 1. The highest BCUT2D eigenvalue weighted by atomic mass is 31.2. The molecule has 2 N–H and O–H groups in total. The summed E-state index contributed by atoms with van der Waals surface area (Å²) in [6.45, 7) is 3.94. The second-order valence-electron chi connectivity index (χ2n) is 7.73. The van der Waals surface area contributed by atoms with Gasteiger partial charge in [0.1, 0.15) is 6.10 Å². The summed E-state index contributed by atoms with van der Waals surface area (Å²) in [4.78, 5) is 36.6. The molecule has 9 nitrogen and oxygen atoms in total. The van der Waals surface area contributed by atoms with Crippen LogP contribution in [0.15, 0.2) is 58.3 Å². The third kappa shape index (κ3) is 6.07. The van der Waals surface area contributed by atoms with Crippen molar-refractivity contribution in [1.82, 2.24) is 9.55 Å². The number of hydrogen-bond donors (Lipinski definition) is 2. The molecule has 1 aromatic heterocycles. The van der Waals surface area contributed by atoms with E-state index in [4.69, 9.17) is 9.26 Å². The molecule has 0 spiro atoms. The number of aromatic amines is 1. The van der Waals surface area contributed by atoms with Crippen LogP contribution in [0.2, 0.25) is 0 Å². The lowest BCUT2D eigenvalue weighted by atomic mass is 10.2.